The van der Waals surface area contributed by atoms with Crippen LogP contribution < -0.4 is 0 Å². The van der Waals surface area contributed by atoms with Gasteiger partial charge in [-0.1, -0.05) is 77.9 Å². The summed E-state index contributed by atoms with van der Waals surface area (Å²) >= 11 is 0. The predicted molar refractivity (Wildman–Crippen MR) is 168 cm³/mol. The standard InChI is InChI=1S/C26H14F6NO.C11H20O2.Pt/c27-25(28,29)21-12-20(13-22(14-21)26(30,31)32)24(34)18-8-6-16(7-9-18)19-10-11-23(33-15-19)17-4-2-1-3-5-17;1-10(2,3)8(12)7-9(13)11(4,5)6;/h1-4,6-15H;7,12H,1-6H3;/q-1;;/b;8-7-;. The van der Waals surface area contributed by atoms with Crippen LogP contribution in [0, 0.1) is 16.9 Å². The summed E-state index contributed by atoms with van der Waals surface area (Å²) in [4.78, 5) is 28.6. The summed E-state index contributed by atoms with van der Waals surface area (Å²) in [5.74, 6) is -0.844. The van der Waals surface area contributed by atoms with E-state index in [0.29, 0.717) is 23.4 Å². The molecule has 0 amide bonds. The molecule has 1 heterocycles. The van der Waals surface area contributed by atoms with Crippen LogP contribution in [0.1, 0.15) is 68.6 Å². The van der Waals surface area contributed by atoms with Gasteiger partial charge in [-0.2, -0.15) is 26.3 Å². The SMILES string of the molecule is CC(C)(C)C(=O)/C=C(\O)C(C)(C)C.O=C(c1ccc(-c2ccc(-c3[c-]cccc3)nc2)cc1)c1cc(C(F)(F)F)cc(C(F)(F)F)c1.[Pt]. The molecule has 4 rings (SSSR count). The molecule has 11 heteroatoms. The third-order valence-electron chi connectivity index (χ3n) is 6.85. The fraction of sp³-hybridized carbons (Fsp3) is 0.270. The van der Waals surface area contributed by atoms with Crippen molar-refractivity contribution in [3.63, 3.8) is 0 Å². The number of aliphatic hydroxyl groups is 1. The van der Waals surface area contributed by atoms with Gasteiger partial charge in [-0.15, -0.1) is 35.9 Å². The van der Waals surface area contributed by atoms with E-state index in [0.717, 1.165) is 11.1 Å². The van der Waals surface area contributed by atoms with Crippen molar-refractivity contribution >= 4 is 11.6 Å². The van der Waals surface area contributed by atoms with Crippen LogP contribution in [0.5, 0.6) is 0 Å². The normalized spacial score (nSPS) is 12.4. The first-order valence-corrected chi connectivity index (χ1v) is 14.4. The summed E-state index contributed by atoms with van der Waals surface area (Å²) in [5, 5.41) is 9.56. The molecule has 0 aliphatic carbocycles. The quantitative estimate of drug-likeness (QED) is 0.0714. The van der Waals surface area contributed by atoms with Crippen molar-refractivity contribution in [2.45, 2.75) is 53.9 Å². The number of allylic oxidation sites excluding steroid dienone is 2. The van der Waals surface area contributed by atoms with E-state index in [1.54, 1.807) is 30.5 Å². The zero-order valence-corrected chi connectivity index (χ0v) is 29.2. The van der Waals surface area contributed by atoms with Gasteiger partial charge in [-0.3, -0.25) is 9.59 Å². The average Bonchev–Trinajstić information content (AvgIpc) is 2.99. The van der Waals surface area contributed by atoms with Crippen molar-refractivity contribution in [2.24, 2.45) is 10.8 Å². The Morgan fingerprint density at radius 3 is 1.67 bits per heavy atom. The summed E-state index contributed by atoms with van der Waals surface area (Å²) in [5.41, 5.74) is -1.66. The Kier molecular flexibility index (Phi) is 12.9. The molecule has 0 saturated carbocycles. The third-order valence-corrected chi connectivity index (χ3v) is 6.85. The maximum absolute atomic E-state index is 13.1. The fourth-order valence-corrected chi connectivity index (χ4v) is 3.90. The van der Waals surface area contributed by atoms with E-state index in [-0.39, 0.29) is 49.7 Å². The number of alkyl halides is 6. The zero-order chi connectivity index (χ0) is 35.4. The van der Waals surface area contributed by atoms with Gasteiger partial charge in [-0.25, -0.2) is 0 Å². The van der Waals surface area contributed by atoms with Gasteiger partial charge in [0.15, 0.2) is 11.6 Å². The van der Waals surface area contributed by atoms with Crippen molar-refractivity contribution in [3.8, 4) is 22.4 Å². The molecule has 0 atom stereocenters. The minimum atomic E-state index is -5.03. The summed E-state index contributed by atoms with van der Waals surface area (Å²) in [6.45, 7) is 11.1. The Morgan fingerprint density at radius 2 is 1.25 bits per heavy atom. The predicted octanol–water partition coefficient (Wildman–Crippen LogP) is 10.6. The van der Waals surface area contributed by atoms with Crippen LogP contribution in [-0.4, -0.2) is 21.7 Å². The van der Waals surface area contributed by atoms with Gasteiger partial charge >= 0.3 is 12.4 Å². The second-order valence-corrected chi connectivity index (χ2v) is 12.8. The molecule has 1 aromatic heterocycles. The van der Waals surface area contributed by atoms with Crippen LogP contribution >= 0.6 is 0 Å². The van der Waals surface area contributed by atoms with Gasteiger partial charge in [0.1, 0.15) is 5.76 Å². The summed E-state index contributed by atoms with van der Waals surface area (Å²) in [6.07, 6.45) is -7.11. The van der Waals surface area contributed by atoms with Gasteiger partial charge in [0.05, 0.1) is 11.1 Å². The van der Waals surface area contributed by atoms with E-state index in [1.807, 2.05) is 65.8 Å². The Morgan fingerprint density at radius 1 is 0.708 bits per heavy atom. The molecule has 0 fully saturated rings. The van der Waals surface area contributed by atoms with E-state index in [9.17, 15) is 41.0 Å². The Bertz CT molecular complexity index is 1700. The minimum Gasteiger partial charge on any atom is -0.512 e. The molecule has 0 aliphatic rings. The van der Waals surface area contributed by atoms with Crippen molar-refractivity contribution in [2.75, 3.05) is 0 Å². The number of aliphatic hydroxyl groups excluding tert-OH is 1. The maximum Gasteiger partial charge on any atom is 0.416 e. The first-order chi connectivity index (χ1) is 21.6. The van der Waals surface area contributed by atoms with Crippen molar-refractivity contribution in [1.82, 2.24) is 4.98 Å². The van der Waals surface area contributed by atoms with Crippen LogP contribution in [0.4, 0.5) is 26.3 Å². The van der Waals surface area contributed by atoms with Crippen molar-refractivity contribution < 1.29 is 62.1 Å². The molecule has 48 heavy (non-hydrogen) atoms. The summed E-state index contributed by atoms with van der Waals surface area (Å²) < 4.78 is 78.6. The Balaban J connectivity index is 0.000000488. The van der Waals surface area contributed by atoms with Crippen LogP contribution in [0.15, 0.2) is 96.9 Å². The molecule has 0 unspecified atom stereocenters. The largest absolute Gasteiger partial charge is 0.512 e. The third kappa shape index (κ3) is 11.0. The number of carbonyl (C=O) groups excluding carboxylic acids is 2. The van der Waals surface area contributed by atoms with Gasteiger partial charge < -0.3 is 10.1 Å². The molecule has 3 aromatic carbocycles. The van der Waals surface area contributed by atoms with Crippen LogP contribution in [0.25, 0.3) is 22.4 Å². The van der Waals surface area contributed by atoms with Gasteiger partial charge in [0.25, 0.3) is 0 Å². The Labute approximate surface area is 290 Å². The average molecular weight is 850 g/mol. The second kappa shape index (κ2) is 15.5. The number of benzene rings is 3. The first-order valence-electron chi connectivity index (χ1n) is 14.4. The van der Waals surface area contributed by atoms with E-state index >= 15 is 0 Å². The number of hydrogen-bond donors (Lipinski definition) is 1. The van der Waals surface area contributed by atoms with Crippen molar-refractivity contribution in [1.29, 1.82) is 0 Å². The van der Waals surface area contributed by atoms with E-state index < -0.39 is 40.2 Å². The molecule has 1 N–H and O–H groups in total. The molecule has 0 aliphatic heterocycles. The number of rotatable bonds is 5. The van der Waals surface area contributed by atoms with Crippen LogP contribution in [0.3, 0.4) is 0 Å². The zero-order valence-electron chi connectivity index (χ0n) is 27.0. The van der Waals surface area contributed by atoms with Crippen molar-refractivity contribution in [3.05, 3.63) is 125 Å². The van der Waals surface area contributed by atoms with E-state index in [4.69, 9.17) is 0 Å². The molecular formula is C37H34F6NO3Pt-. The number of hydrogen-bond acceptors (Lipinski definition) is 4. The van der Waals surface area contributed by atoms with E-state index in [2.05, 4.69) is 11.1 Å². The van der Waals surface area contributed by atoms with Gasteiger partial charge in [0.2, 0.25) is 0 Å². The monoisotopic (exact) mass is 849 g/mol. The molecule has 4 nitrogen and oxygen atoms in total. The van der Waals surface area contributed by atoms with Gasteiger partial charge in [-0.05, 0) is 35.0 Å². The van der Waals surface area contributed by atoms with Gasteiger partial charge in [0, 0.05) is 55.3 Å². The molecular weight excluding hydrogens is 815 g/mol. The smallest absolute Gasteiger partial charge is 0.416 e. The molecule has 0 radical (unpaired) electrons. The number of halogens is 6. The summed E-state index contributed by atoms with van der Waals surface area (Å²) in [7, 11) is 0. The number of aromatic nitrogens is 1. The second-order valence-electron chi connectivity index (χ2n) is 12.8. The van der Waals surface area contributed by atoms with E-state index in [1.165, 1.54) is 18.2 Å². The van der Waals surface area contributed by atoms with Crippen LogP contribution in [-0.2, 0) is 38.2 Å². The van der Waals surface area contributed by atoms with Crippen LogP contribution in [0.2, 0.25) is 0 Å². The number of nitrogens with zero attached hydrogens (tertiary/aromatic N) is 1. The molecule has 0 spiro atoms. The molecule has 0 bridgehead atoms. The fourth-order valence-electron chi connectivity index (χ4n) is 3.90. The molecule has 4 aromatic rings. The molecule has 0 saturated heterocycles. The maximum atomic E-state index is 13.1. The Hall–Kier alpha value is -4.04. The number of pyridine rings is 1. The first kappa shape index (κ1) is 40.1. The molecule has 258 valence electrons. The topological polar surface area (TPSA) is 67.3 Å². The number of carbonyl (C=O) groups is 2. The minimum absolute atomic E-state index is 0. The summed E-state index contributed by atoms with van der Waals surface area (Å²) in [6, 6.07) is 20.6. The number of ketones is 2.